The van der Waals surface area contributed by atoms with Gasteiger partial charge in [-0.3, -0.25) is 0 Å². The van der Waals surface area contributed by atoms with E-state index in [0.29, 0.717) is 0 Å². The summed E-state index contributed by atoms with van der Waals surface area (Å²) in [4.78, 5) is 0. The summed E-state index contributed by atoms with van der Waals surface area (Å²) < 4.78 is 0. The summed E-state index contributed by atoms with van der Waals surface area (Å²) in [7, 11) is 0. The molecule has 0 aliphatic carbocycles. The summed E-state index contributed by atoms with van der Waals surface area (Å²) in [6, 6.07) is 7.95. The Morgan fingerprint density at radius 1 is 0.846 bits per heavy atom. The van der Waals surface area contributed by atoms with Gasteiger partial charge >= 0.3 is 0 Å². The first-order chi connectivity index (χ1) is 12.8. The van der Waals surface area contributed by atoms with Gasteiger partial charge in [-0.25, -0.2) is 0 Å². The predicted octanol–water partition coefficient (Wildman–Crippen LogP) is 4.95. The molecule has 3 N–H and O–H groups in total. The van der Waals surface area contributed by atoms with Gasteiger partial charge in [0.25, 0.3) is 0 Å². The van der Waals surface area contributed by atoms with E-state index < -0.39 is 0 Å². The highest BCUT2D eigenvalue weighted by Gasteiger charge is 2.07. The van der Waals surface area contributed by atoms with Crippen LogP contribution >= 0.6 is 11.6 Å². The van der Waals surface area contributed by atoms with Gasteiger partial charge in [0.05, 0.1) is 6.61 Å². The van der Waals surface area contributed by atoms with Crippen molar-refractivity contribution < 1.29 is 5.11 Å². The van der Waals surface area contributed by atoms with Gasteiger partial charge in [-0.15, -0.1) is 0 Å². The smallest absolute Gasteiger partial charge is 0.0587 e. The Hall–Kier alpha value is -0.610. The lowest BCUT2D eigenvalue weighted by Gasteiger charge is -2.16. The minimum absolute atomic E-state index is 0.102. The van der Waals surface area contributed by atoms with Crippen molar-refractivity contribution in [1.82, 2.24) is 10.6 Å². The fourth-order valence-electron chi connectivity index (χ4n) is 3.16. The number of aliphatic hydroxyl groups excluding tert-OH is 1. The number of nitrogens with one attached hydrogen (secondary N) is 2. The molecule has 0 fully saturated rings. The summed E-state index contributed by atoms with van der Waals surface area (Å²) in [5.74, 6) is 0. The van der Waals surface area contributed by atoms with Crippen LogP contribution in [0.4, 0.5) is 0 Å². The number of hydrogen-bond donors (Lipinski definition) is 3. The second-order valence-electron chi connectivity index (χ2n) is 7.24. The van der Waals surface area contributed by atoms with Crippen LogP contribution in [0.2, 0.25) is 5.02 Å². The van der Waals surface area contributed by atoms with Crippen molar-refractivity contribution >= 4 is 11.6 Å². The number of hydrogen-bond acceptors (Lipinski definition) is 3. The average Bonchev–Trinajstić information content (AvgIpc) is 2.66. The van der Waals surface area contributed by atoms with E-state index in [4.69, 9.17) is 11.6 Å². The SMILES string of the molecule is CCCCCCCCCCCNCCN[C@H](CO)Cc1ccc(Cl)cc1. The lowest BCUT2D eigenvalue weighted by molar-refractivity contribution is 0.242. The maximum absolute atomic E-state index is 9.52. The van der Waals surface area contributed by atoms with E-state index in [0.717, 1.165) is 31.1 Å². The third kappa shape index (κ3) is 12.7. The molecule has 3 nitrogen and oxygen atoms in total. The highest BCUT2D eigenvalue weighted by Crippen LogP contribution is 2.11. The van der Waals surface area contributed by atoms with Gasteiger partial charge in [-0.1, -0.05) is 82.0 Å². The Morgan fingerprint density at radius 2 is 1.46 bits per heavy atom. The van der Waals surface area contributed by atoms with Crippen molar-refractivity contribution in [3.05, 3.63) is 34.9 Å². The molecular weight excluding hydrogens is 344 g/mol. The van der Waals surface area contributed by atoms with E-state index in [9.17, 15) is 5.11 Å². The average molecular weight is 383 g/mol. The van der Waals surface area contributed by atoms with Crippen molar-refractivity contribution in [2.75, 3.05) is 26.2 Å². The van der Waals surface area contributed by atoms with Crippen LogP contribution in [0.25, 0.3) is 0 Å². The predicted molar refractivity (Wildman–Crippen MR) is 114 cm³/mol. The molecule has 1 rings (SSSR count). The van der Waals surface area contributed by atoms with Crippen molar-refractivity contribution in [2.45, 2.75) is 77.2 Å². The monoisotopic (exact) mass is 382 g/mol. The van der Waals surface area contributed by atoms with E-state index >= 15 is 0 Å². The highest BCUT2D eigenvalue weighted by molar-refractivity contribution is 6.30. The lowest BCUT2D eigenvalue weighted by atomic mass is 10.1. The quantitative estimate of drug-likeness (QED) is 0.334. The zero-order valence-corrected chi connectivity index (χ0v) is 17.4. The molecule has 0 aromatic heterocycles. The van der Waals surface area contributed by atoms with Crippen molar-refractivity contribution in [1.29, 1.82) is 0 Å². The molecule has 0 aliphatic heterocycles. The van der Waals surface area contributed by atoms with Crippen molar-refractivity contribution in [3.63, 3.8) is 0 Å². The molecule has 1 aromatic carbocycles. The zero-order valence-electron chi connectivity index (χ0n) is 16.6. The Bertz CT molecular complexity index is 425. The van der Waals surface area contributed by atoms with Gasteiger partial charge in [0.1, 0.15) is 0 Å². The highest BCUT2D eigenvalue weighted by atomic mass is 35.5. The van der Waals surface area contributed by atoms with Gasteiger partial charge in [0.15, 0.2) is 0 Å². The fourth-order valence-corrected chi connectivity index (χ4v) is 3.28. The molecule has 1 aromatic rings. The maximum Gasteiger partial charge on any atom is 0.0587 e. The van der Waals surface area contributed by atoms with Gasteiger partial charge in [0, 0.05) is 24.2 Å². The zero-order chi connectivity index (χ0) is 18.9. The lowest BCUT2D eigenvalue weighted by Crippen LogP contribution is -2.39. The molecule has 0 aliphatic rings. The number of unbranched alkanes of at least 4 members (excludes halogenated alkanes) is 8. The molecule has 0 spiro atoms. The van der Waals surface area contributed by atoms with Crippen molar-refractivity contribution in [3.8, 4) is 0 Å². The Labute approximate surface area is 165 Å². The van der Waals surface area contributed by atoms with E-state index in [-0.39, 0.29) is 12.6 Å². The molecule has 0 saturated carbocycles. The molecule has 150 valence electrons. The Kier molecular flexibility index (Phi) is 14.9. The molecular formula is C22H39ClN2O. The van der Waals surface area contributed by atoms with Crippen LogP contribution in [-0.2, 0) is 6.42 Å². The molecule has 0 amide bonds. The molecule has 0 saturated heterocycles. The molecule has 0 radical (unpaired) electrons. The van der Waals surface area contributed by atoms with Gasteiger partial charge in [-0.05, 0) is 37.1 Å². The Morgan fingerprint density at radius 3 is 2.08 bits per heavy atom. The number of benzene rings is 1. The number of halogens is 1. The van der Waals surface area contributed by atoms with Gasteiger partial charge in [-0.2, -0.15) is 0 Å². The first-order valence-electron chi connectivity index (χ1n) is 10.6. The van der Waals surface area contributed by atoms with E-state index in [1.54, 1.807) is 0 Å². The van der Waals surface area contributed by atoms with Crippen LogP contribution in [0.15, 0.2) is 24.3 Å². The molecule has 0 bridgehead atoms. The molecule has 0 heterocycles. The Balaban J connectivity index is 1.91. The minimum atomic E-state index is 0.102. The third-order valence-corrected chi connectivity index (χ3v) is 5.06. The fraction of sp³-hybridized carbons (Fsp3) is 0.727. The minimum Gasteiger partial charge on any atom is -0.395 e. The number of rotatable bonds is 17. The van der Waals surface area contributed by atoms with Crippen LogP contribution in [-0.4, -0.2) is 37.4 Å². The second-order valence-corrected chi connectivity index (χ2v) is 7.68. The van der Waals surface area contributed by atoms with Gasteiger partial charge < -0.3 is 15.7 Å². The number of aliphatic hydroxyl groups is 1. The molecule has 1 atom stereocenters. The molecule has 4 heteroatoms. The normalized spacial score (nSPS) is 12.4. The second kappa shape index (κ2) is 16.6. The summed E-state index contributed by atoms with van der Waals surface area (Å²) in [6.45, 7) is 5.36. The first-order valence-corrected chi connectivity index (χ1v) is 10.9. The van der Waals surface area contributed by atoms with Crippen LogP contribution in [0.1, 0.15) is 70.3 Å². The van der Waals surface area contributed by atoms with Crippen LogP contribution in [0.3, 0.4) is 0 Å². The first kappa shape index (κ1) is 23.4. The summed E-state index contributed by atoms with van der Waals surface area (Å²) in [5, 5.41) is 17.2. The summed E-state index contributed by atoms with van der Waals surface area (Å²) in [5.41, 5.74) is 1.20. The van der Waals surface area contributed by atoms with Crippen molar-refractivity contribution in [2.24, 2.45) is 0 Å². The maximum atomic E-state index is 9.52. The third-order valence-electron chi connectivity index (χ3n) is 4.81. The standard InChI is InChI=1S/C22H39ClN2O/c1-2-3-4-5-6-7-8-9-10-15-24-16-17-25-22(19-26)18-20-11-13-21(23)14-12-20/h11-14,22,24-26H,2-10,15-19H2,1H3/t22-/m0/s1. The summed E-state index contributed by atoms with van der Waals surface area (Å²) >= 11 is 5.91. The molecule has 0 unspecified atom stereocenters. The van der Waals surface area contributed by atoms with Crippen LogP contribution < -0.4 is 10.6 Å². The van der Waals surface area contributed by atoms with Crippen LogP contribution in [0, 0.1) is 0 Å². The topological polar surface area (TPSA) is 44.3 Å². The van der Waals surface area contributed by atoms with E-state index in [1.807, 2.05) is 24.3 Å². The largest absolute Gasteiger partial charge is 0.395 e. The van der Waals surface area contributed by atoms with E-state index in [1.165, 1.54) is 63.4 Å². The van der Waals surface area contributed by atoms with Crippen LogP contribution in [0.5, 0.6) is 0 Å². The molecule has 26 heavy (non-hydrogen) atoms. The van der Waals surface area contributed by atoms with Gasteiger partial charge in [0.2, 0.25) is 0 Å². The summed E-state index contributed by atoms with van der Waals surface area (Å²) in [6.07, 6.45) is 13.2. The van der Waals surface area contributed by atoms with E-state index in [2.05, 4.69) is 17.6 Å².